The standard InChI is InChI=1S/C17H23N3O4S/c1-11(21)18-13-5-3-12(4-6-13)17(22)19-14-9-15-7-8-16(10-14)20(15)25(2,23)24/h3-6,14-16H,7-10H2,1-2H3,(H,18,21)(H,19,22). The number of anilines is 1. The molecule has 136 valence electrons. The molecule has 1 aromatic carbocycles. The number of fused-ring (bicyclic) bond motifs is 2. The summed E-state index contributed by atoms with van der Waals surface area (Å²) in [6.07, 6.45) is 4.28. The highest BCUT2D eigenvalue weighted by Crippen LogP contribution is 2.37. The van der Waals surface area contributed by atoms with Crippen LogP contribution in [0.5, 0.6) is 0 Å². The molecule has 3 rings (SSSR count). The van der Waals surface area contributed by atoms with Gasteiger partial charge in [-0.1, -0.05) is 0 Å². The molecule has 0 spiro atoms. The second kappa shape index (κ2) is 6.76. The molecule has 2 aliphatic heterocycles. The fourth-order valence-electron chi connectivity index (χ4n) is 3.97. The van der Waals surface area contributed by atoms with E-state index >= 15 is 0 Å². The van der Waals surface area contributed by atoms with Gasteiger partial charge in [0.1, 0.15) is 0 Å². The highest BCUT2D eigenvalue weighted by atomic mass is 32.2. The van der Waals surface area contributed by atoms with E-state index in [-0.39, 0.29) is 29.9 Å². The third kappa shape index (κ3) is 4.01. The average Bonchev–Trinajstić information content (AvgIpc) is 2.80. The molecule has 8 heteroatoms. The predicted molar refractivity (Wildman–Crippen MR) is 94.7 cm³/mol. The van der Waals surface area contributed by atoms with Crippen molar-refractivity contribution in [3.8, 4) is 0 Å². The molecule has 2 bridgehead atoms. The number of hydrogen-bond acceptors (Lipinski definition) is 4. The van der Waals surface area contributed by atoms with Gasteiger partial charge in [-0.15, -0.1) is 0 Å². The van der Waals surface area contributed by atoms with Crippen LogP contribution in [-0.2, 0) is 14.8 Å². The van der Waals surface area contributed by atoms with Crippen molar-refractivity contribution in [3.05, 3.63) is 29.8 Å². The molecule has 0 aromatic heterocycles. The van der Waals surface area contributed by atoms with Gasteiger partial charge in [0.05, 0.1) is 6.26 Å². The van der Waals surface area contributed by atoms with Crippen molar-refractivity contribution in [3.63, 3.8) is 0 Å². The number of carbonyl (C=O) groups excluding carboxylic acids is 2. The van der Waals surface area contributed by atoms with E-state index in [9.17, 15) is 18.0 Å². The first-order chi connectivity index (χ1) is 11.7. The topological polar surface area (TPSA) is 95.6 Å². The molecular weight excluding hydrogens is 342 g/mol. The molecule has 2 fully saturated rings. The molecule has 1 aromatic rings. The lowest BCUT2D eigenvalue weighted by atomic mass is 9.99. The van der Waals surface area contributed by atoms with Crippen molar-refractivity contribution in [1.29, 1.82) is 0 Å². The van der Waals surface area contributed by atoms with Crippen LogP contribution in [0, 0.1) is 0 Å². The van der Waals surface area contributed by atoms with E-state index in [1.54, 1.807) is 28.6 Å². The monoisotopic (exact) mass is 365 g/mol. The van der Waals surface area contributed by atoms with Crippen molar-refractivity contribution >= 4 is 27.5 Å². The number of rotatable bonds is 4. The molecule has 7 nitrogen and oxygen atoms in total. The summed E-state index contributed by atoms with van der Waals surface area (Å²) in [5.41, 5.74) is 1.16. The molecular formula is C17H23N3O4S. The van der Waals surface area contributed by atoms with Crippen LogP contribution in [-0.4, -0.2) is 48.9 Å². The van der Waals surface area contributed by atoms with Gasteiger partial charge in [0.15, 0.2) is 0 Å². The lowest BCUT2D eigenvalue weighted by molar-refractivity contribution is -0.114. The smallest absolute Gasteiger partial charge is 0.251 e. The van der Waals surface area contributed by atoms with E-state index in [1.807, 2.05) is 0 Å². The largest absolute Gasteiger partial charge is 0.349 e. The van der Waals surface area contributed by atoms with Gasteiger partial charge in [0, 0.05) is 36.3 Å². The minimum atomic E-state index is -3.19. The quantitative estimate of drug-likeness (QED) is 0.841. The fourth-order valence-corrected chi connectivity index (χ4v) is 5.44. The van der Waals surface area contributed by atoms with Gasteiger partial charge in [-0.3, -0.25) is 9.59 Å². The van der Waals surface area contributed by atoms with E-state index in [0.717, 1.165) is 12.8 Å². The van der Waals surface area contributed by atoms with E-state index in [1.165, 1.54) is 13.2 Å². The Balaban J connectivity index is 1.62. The van der Waals surface area contributed by atoms with Crippen LogP contribution in [0.3, 0.4) is 0 Å². The first kappa shape index (κ1) is 17.9. The number of nitrogens with zero attached hydrogens (tertiary/aromatic N) is 1. The third-order valence-corrected chi connectivity index (χ3v) is 6.21. The number of nitrogens with one attached hydrogen (secondary N) is 2. The first-order valence-corrected chi connectivity index (χ1v) is 10.3. The summed E-state index contributed by atoms with van der Waals surface area (Å²) in [5, 5.41) is 5.68. The first-order valence-electron chi connectivity index (χ1n) is 8.41. The average molecular weight is 365 g/mol. The summed E-state index contributed by atoms with van der Waals surface area (Å²) in [7, 11) is -3.19. The van der Waals surface area contributed by atoms with Gasteiger partial charge in [-0.05, 0) is 49.9 Å². The molecule has 2 N–H and O–H groups in total. The fraction of sp³-hybridized carbons (Fsp3) is 0.529. The van der Waals surface area contributed by atoms with Gasteiger partial charge in [-0.2, -0.15) is 4.31 Å². The van der Waals surface area contributed by atoms with Crippen LogP contribution in [0.2, 0.25) is 0 Å². The Morgan fingerprint density at radius 2 is 1.64 bits per heavy atom. The van der Waals surface area contributed by atoms with Crippen molar-refractivity contribution in [2.75, 3.05) is 11.6 Å². The number of piperidine rings is 1. The number of amides is 2. The van der Waals surface area contributed by atoms with Crippen molar-refractivity contribution < 1.29 is 18.0 Å². The molecule has 2 unspecified atom stereocenters. The number of benzene rings is 1. The molecule has 0 saturated carbocycles. The van der Waals surface area contributed by atoms with Crippen LogP contribution < -0.4 is 10.6 Å². The maximum Gasteiger partial charge on any atom is 0.251 e. The van der Waals surface area contributed by atoms with Crippen molar-refractivity contribution in [2.24, 2.45) is 0 Å². The van der Waals surface area contributed by atoms with E-state index in [2.05, 4.69) is 10.6 Å². The van der Waals surface area contributed by atoms with Gasteiger partial charge in [0.25, 0.3) is 5.91 Å². The normalized spacial score (nSPS) is 26.2. The van der Waals surface area contributed by atoms with Gasteiger partial charge < -0.3 is 10.6 Å². The molecule has 2 saturated heterocycles. The molecule has 2 aliphatic rings. The highest BCUT2D eigenvalue weighted by Gasteiger charge is 2.45. The Morgan fingerprint density at radius 3 is 2.12 bits per heavy atom. The summed E-state index contributed by atoms with van der Waals surface area (Å²) in [4.78, 5) is 23.5. The van der Waals surface area contributed by atoms with Crippen LogP contribution in [0.1, 0.15) is 43.0 Å². The van der Waals surface area contributed by atoms with Gasteiger partial charge in [-0.25, -0.2) is 8.42 Å². The van der Waals surface area contributed by atoms with E-state index in [4.69, 9.17) is 0 Å². The summed E-state index contributed by atoms with van der Waals surface area (Å²) >= 11 is 0. The second-order valence-corrected chi connectivity index (χ2v) is 8.77. The number of sulfonamides is 1. The Kier molecular flexibility index (Phi) is 4.83. The third-order valence-electron chi connectivity index (χ3n) is 4.85. The molecule has 25 heavy (non-hydrogen) atoms. The molecule has 2 heterocycles. The summed E-state index contributed by atoms with van der Waals surface area (Å²) in [6, 6.07) is 6.67. The molecule has 2 atom stereocenters. The lowest BCUT2D eigenvalue weighted by Gasteiger charge is -2.37. The van der Waals surface area contributed by atoms with Crippen LogP contribution >= 0.6 is 0 Å². The summed E-state index contributed by atoms with van der Waals surface area (Å²) in [6.45, 7) is 1.43. The van der Waals surface area contributed by atoms with Crippen molar-refractivity contribution in [1.82, 2.24) is 9.62 Å². The maximum atomic E-state index is 12.4. The van der Waals surface area contributed by atoms with E-state index < -0.39 is 10.0 Å². The lowest BCUT2D eigenvalue weighted by Crippen LogP contribution is -2.52. The highest BCUT2D eigenvalue weighted by molar-refractivity contribution is 7.88. The Bertz CT molecular complexity index is 762. The van der Waals surface area contributed by atoms with Gasteiger partial charge >= 0.3 is 0 Å². The zero-order valence-corrected chi connectivity index (χ0v) is 15.2. The Morgan fingerprint density at radius 1 is 1.08 bits per heavy atom. The predicted octanol–water partition coefficient (Wildman–Crippen LogP) is 1.33. The van der Waals surface area contributed by atoms with Crippen molar-refractivity contribution in [2.45, 2.75) is 50.7 Å². The zero-order valence-electron chi connectivity index (χ0n) is 14.4. The zero-order chi connectivity index (χ0) is 18.2. The second-order valence-electron chi connectivity index (χ2n) is 6.88. The SMILES string of the molecule is CC(=O)Nc1ccc(C(=O)NC2CC3CCC(C2)N3S(C)(=O)=O)cc1. The van der Waals surface area contributed by atoms with Crippen LogP contribution in [0.15, 0.2) is 24.3 Å². The Hall–Kier alpha value is -1.93. The summed E-state index contributed by atoms with van der Waals surface area (Å²) < 4.78 is 25.5. The molecule has 2 amide bonds. The number of carbonyl (C=O) groups is 2. The Labute approximate surface area is 147 Å². The summed E-state index contributed by atoms with van der Waals surface area (Å²) in [5.74, 6) is -0.336. The number of hydrogen-bond donors (Lipinski definition) is 2. The minimum Gasteiger partial charge on any atom is -0.349 e. The molecule has 0 aliphatic carbocycles. The van der Waals surface area contributed by atoms with E-state index in [0.29, 0.717) is 24.1 Å². The minimum absolute atomic E-state index is 0.0128. The maximum absolute atomic E-state index is 12.4. The molecule has 0 radical (unpaired) electrons. The van der Waals surface area contributed by atoms with Crippen LogP contribution in [0.25, 0.3) is 0 Å². The van der Waals surface area contributed by atoms with Gasteiger partial charge in [0.2, 0.25) is 15.9 Å². The van der Waals surface area contributed by atoms with Crippen LogP contribution in [0.4, 0.5) is 5.69 Å².